The van der Waals surface area contributed by atoms with E-state index in [-0.39, 0.29) is 6.61 Å². The number of benzene rings is 2. The van der Waals surface area contributed by atoms with Crippen LogP contribution in [0.1, 0.15) is 23.0 Å². The number of carbonyl (C=O) groups is 1. The molecule has 130 valence electrons. The lowest BCUT2D eigenvalue weighted by Crippen LogP contribution is -2.12. The average molecular weight is 417 g/mol. The maximum absolute atomic E-state index is 12.4. The van der Waals surface area contributed by atoms with Crippen LogP contribution in [0, 0.1) is 0 Å². The summed E-state index contributed by atoms with van der Waals surface area (Å²) in [5.74, 6) is -0.425. The van der Waals surface area contributed by atoms with Crippen molar-refractivity contribution >= 4 is 63.3 Å². The molecule has 7 heteroatoms. The van der Waals surface area contributed by atoms with Gasteiger partial charge in [0.25, 0.3) is 0 Å². The Morgan fingerprint density at radius 1 is 1.00 bits per heavy atom. The largest absolute Gasteiger partial charge is 0.461 e. The molecule has 2 aromatic carbocycles. The number of halogens is 4. The third-order valence-corrected chi connectivity index (χ3v) is 5.34. The van der Waals surface area contributed by atoms with Crippen LogP contribution in [0.25, 0.3) is 10.9 Å². The highest BCUT2D eigenvalue weighted by Crippen LogP contribution is 2.34. The molecule has 0 aliphatic rings. The molecule has 0 unspecified atom stereocenters. The molecule has 0 spiro atoms. The Morgan fingerprint density at radius 3 is 2.40 bits per heavy atom. The first-order chi connectivity index (χ1) is 11.9. The molecule has 3 nitrogen and oxygen atoms in total. The molecule has 0 aliphatic heterocycles. The monoisotopic (exact) mass is 415 g/mol. The Morgan fingerprint density at radius 2 is 1.72 bits per heavy atom. The van der Waals surface area contributed by atoms with Gasteiger partial charge in [-0.2, -0.15) is 0 Å². The molecule has 1 aromatic heterocycles. The Bertz CT molecular complexity index is 965. The van der Waals surface area contributed by atoms with Crippen LogP contribution < -0.4 is 0 Å². The lowest BCUT2D eigenvalue weighted by atomic mass is 10.2. The summed E-state index contributed by atoms with van der Waals surface area (Å²) in [4.78, 5) is 12.4. The van der Waals surface area contributed by atoms with Crippen LogP contribution in [0.4, 0.5) is 0 Å². The molecular weight excluding hydrogens is 404 g/mol. The topological polar surface area (TPSA) is 31.2 Å². The number of nitrogens with zero attached hydrogens (tertiary/aromatic N) is 1. The number of esters is 1. The summed E-state index contributed by atoms with van der Waals surface area (Å²) in [6.07, 6.45) is 0. The molecule has 0 N–H and O–H groups in total. The van der Waals surface area contributed by atoms with Crippen molar-refractivity contribution in [2.75, 3.05) is 6.61 Å². The number of rotatable bonds is 4. The van der Waals surface area contributed by atoms with Gasteiger partial charge < -0.3 is 9.30 Å². The maximum Gasteiger partial charge on any atom is 0.354 e. The van der Waals surface area contributed by atoms with Crippen molar-refractivity contribution in [3.05, 3.63) is 67.7 Å². The molecule has 0 amide bonds. The number of hydrogen-bond acceptors (Lipinski definition) is 2. The van der Waals surface area contributed by atoms with Crippen LogP contribution in [0.5, 0.6) is 0 Å². The fourth-order valence-corrected chi connectivity index (χ4v) is 3.34. The van der Waals surface area contributed by atoms with Gasteiger partial charge in [0.2, 0.25) is 0 Å². The number of ether oxygens (including phenoxy) is 1. The van der Waals surface area contributed by atoms with E-state index < -0.39 is 5.97 Å². The molecular formula is C18H13Cl4NO2. The minimum atomic E-state index is -0.425. The second-order valence-electron chi connectivity index (χ2n) is 5.38. The van der Waals surface area contributed by atoms with Gasteiger partial charge in [0.05, 0.1) is 32.2 Å². The number of aromatic nitrogens is 1. The highest BCUT2D eigenvalue weighted by Gasteiger charge is 2.19. The molecule has 0 atom stereocenters. The Labute approximate surface area is 165 Å². The van der Waals surface area contributed by atoms with Crippen molar-refractivity contribution in [3.8, 4) is 0 Å². The highest BCUT2D eigenvalue weighted by atomic mass is 35.5. The molecule has 0 fully saturated rings. The third kappa shape index (κ3) is 3.61. The molecule has 0 saturated heterocycles. The van der Waals surface area contributed by atoms with Crippen molar-refractivity contribution in [3.63, 3.8) is 0 Å². The van der Waals surface area contributed by atoms with Gasteiger partial charge in [-0.15, -0.1) is 0 Å². The van der Waals surface area contributed by atoms with E-state index in [9.17, 15) is 4.79 Å². The van der Waals surface area contributed by atoms with Crippen LogP contribution in [0.3, 0.4) is 0 Å². The van der Waals surface area contributed by atoms with Crippen LogP contribution in [-0.4, -0.2) is 17.1 Å². The number of fused-ring (bicyclic) bond motifs is 1. The predicted octanol–water partition coefficient (Wildman–Crippen LogP) is 6.48. The summed E-state index contributed by atoms with van der Waals surface area (Å²) in [6, 6.07) is 10.6. The van der Waals surface area contributed by atoms with E-state index in [0.29, 0.717) is 37.7 Å². The van der Waals surface area contributed by atoms with Gasteiger partial charge >= 0.3 is 5.97 Å². The van der Waals surface area contributed by atoms with E-state index in [1.165, 1.54) is 0 Å². The summed E-state index contributed by atoms with van der Waals surface area (Å²) in [5, 5.41) is 2.45. The summed E-state index contributed by atoms with van der Waals surface area (Å²) in [5.41, 5.74) is 2.07. The second kappa shape index (κ2) is 7.46. The van der Waals surface area contributed by atoms with E-state index in [1.54, 1.807) is 31.2 Å². The maximum atomic E-state index is 12.4. The SMILES string of the molecule is CCOC(=O)c1cc2c(Cl)c(Cl)ccc2n1Cc1ccc(Cl)c(Cl)c1. The van der Waals surface area contributed by atoms with Crippen molar-refractivity contribution in [1.29, 1.82) is 0 Å². The van der Waals surface area contributed by atoms with Gasteiger partial charge in [-0.3, -0.25) is 0 Å². The zero-order valence-electron chi connectivity index (χ0n) is 13.2. The normalized spacial score (nSPS) is 11.1. The van der Waals surface area contributed by atoms with Crippen LogP contribution in [0.15, 0.2) is 36.4 Å². The molecule has 0 saturated carbocycles. The smallest absolute Gasteiger partial charge is 0.354 e. The zero-order chi connectivity index (χ0) is 18.1. The van der Waals surface area contributed by atoms with Gasteiger partial charge in [0.15, 0.2) is 0 Å². The minimum Gasteiger partial charge on any atom is -0.461 e. The van der Waals surface area contributed by atoms with Crippen molar-refractivity contribution < 1.29 is 9.53 Å². The van der Waals surface area contributed by atoms with Gasteiger partial charge in [0.1, 0.15) is 5.69 Å². The summed E-state index contributed by atoms with van der Waals surface area (Å²) in [7, 11) is 0. The van der Waals surface area contributed by atoms with Crippen LogP contribution in [-0.2, 0) is 11.3 Å². The molecule has 3 aromatic rings. The van der Waals surface area contributed by atoms with Gasteiger partial charge in [0, 0.05) is 11.9 Å². The standard InChI is InChI=1S/C18H13Cl4NO2/c1-2-25-18(24)16-8-11-15(6-5-13(20)17(11)22)23(16)9-10-3-4-12(19)14(21)7-10/h3-8H,2,9H2,1H3. The van der Waals surface area contributed by atoms with E-state index in [4.69, 9.17) is 51.1 Å². The van der Waals surface area contributed by atoms with Crippen molar-refractivity contribution in [1.82, 2.24) is 4.57 Å². The van der Waals surface area contributed by atoms with E-state index in [0.717, 1.165) is 11.1 Å². The van der Waals surface area contributed by atoms with Crippen molar-refractivity contribution in [2.45, 2.75) is 13.5 Å². The molecule has 0 radical (unpaired) electrons. The Balaban J connectivity index is 2.16. The highest BCUT2D eigenvalue weighted by molar-refractivity contribution is 6.45. The van der Waals surface area contributed by atoms with Crippen LogP contribution >= 0.6 is 46.4 Å². The van der Waals surface area contributed by atoms with Gasteiger partial charge in [-0.1, -0.05) is 52.5 Å². The van der Waals surface area contributed by atoms with E-state index >= 15 is 0 Å². The Hall–Kier alpha value is -1.39. The van der Waals surface area contributed by atoms with Crippen LogP contribution in [0.2, 0.25) is 20.1 Å². The first-order valence-corrected chi connectivity index (χ1v) is 9.01. The Kier molecular flexibility index (Phi) is 5.49. The van der Waals surface area contributed by atoms with Gasteiger partial charge in [-0.25, -0.2) is 4.79 Å². The molecule has 3 rings (SSSR count). The summed E-state index contributed by atoms with van der Waals surface area (Å²) < 4.78 is 6.99. The van der Waals surface area contributed by atoms with E-state index in [1.807, 2.05) is 16.7 Å². The first-order valence-electron chi connectivity index (χ1n) is 7.50. The van der Waals surface area contributed by atoms with Gasteiger partial charge in [-0.05, 0) is 42.8 Å². The predicted molar refractivity (Wildman–Crippen MR) is 103 cm³/mol. The lowest BCUT2D eigenvalue weighted by molar-refractivity contribution is 0.0515. The number of hydrogen-bond donors (Lipinski definition) is 0. The molecule has 0 bridgehead atoms. The number of carbonyl (C=O) groups excluding carboxylic acids is 1. The van der Waals surface area contributed by atoms with Crippen molar-refractivity contribution in [2.24, 2.45) is 0 Å². The molecule has 25 heavy (non-hydrogen) atoms. The van der Waals surface area contributed by atoms with E-state index in [2.05, 4.69) is 0 Å². The average Bonchev–Trinajstić information content (AvgIpc) is 2.94. The second-order valence-corrected chi connectivity index (χ2v) is 6.98. The third-order valence-electron chi connectivity index (χ3n) is 3.78. The summed E-state index contributed by atoms with van der Waals surface area (Å²) >= 11 is 24.5. The summed E-state index contributed by atoms with van der Waals surface area (Å²) in [6.45, 7) is 2.45. The first kappa shape index (κ1) is 18.4. The zero-order valence-corrected chi connectivity index (χ0v) is 16.2. The fourth-order valence-electron chi connectivity index (χ4n) is 2.64. The quantitative estimate of drug-likeness (QED) is 0.455. The molecule has 1 heterocycles. The fraction of sp³-hybridized carbons (Fsp3) is 0.167. The lowest BCUT2D eigenvalue weighted by Gasteiger charge is -2.11. The minimum absolute atomic E-state index is 0.279. The molecule has 0 aliphatic carbocycles.